The lowest BCUT2D eigenvalue weighted by molar-refractivity contribution is -0.129. The first-order chi connectivity index (χ1) is 34.4. The number of likely N-dealkylation sites (N-methyl/N-ethyl adjacent to an activating group) is 3. The van der Waals surface area contributed by atoms with Gasteiger partial charge in [0.1, 0.15) is 22.3 Å². The number of piperidine rings is 2. The molecule has 3 aromatic carbocycles. The van der Waals surface area contributed by atoms with E-state index in [1.54, 1.807) is 46.5 Å². The number of nitrogens with zero attached hydrogens (tertiary/aromatic N) is 10. The van der Waals surface area contributed by atoms with Crippen LogP contribution in [0.25, 0.3) is 0 Å². The van der Waals surface area contributed by atoms with E-state index in [9.17, 15) is 4.79 Å². The molecule has 0 bridgehead atoms. The Kier molecular flexibility index (Phi) is 17.9. The predicted octanol–water partition coefficient (Wildman–Crippen LogP) is 5.83. The van der Waals surface area contributed by atoms with Crippen molar-refractivity contribution < 1.29 is 19.0 Å². The molecule has 71 heavy (non-hydrogen) atoms. The minimum atomic E-state index is 0.112. The first-order valence-electron chi connectivity index (χ1n) is 25.5. The number of benzene rings is 3. The fourth-order valence-corrected chi connectivity index (χ4v) is 10.7. The highest BCUT2D eigenvalue weighted by Crippen LogP contribution is 2.37. The van der Waals surface area contributed by atoms with E-state index in [-0.39, 0.29) is 5.91 Å². The molecule has 386 valence electrons. The van der Waals surface area contributed by atoms with Gasteiger partial charge < -0.3 is 55.1 Å². The van der Waals surface area contributed by atoms with Gasteiger partial charge in [-0.2, -0.15) is 4.98 Å². The molecule has 5 aliphatic heterocycles. The molecule has 0 unspecified atom stereocenters. The second-order valence-electron chi connectivity index (χ2n) is 20.0. The van der Waals surface area contributed by atoms with E-state index in [0.29, 0.717) is 40.8 Å². The highest BCUT2D eigenvalue weighted by molar-refractivity contribution is 6.33. The molecule has 4 N–H and O–H groups in total. The van der Waals surface area contributed by atoms with E-state index in [1.807, 2.05) is 12.1 Å². The molecule has 4 aromatic rings. The summed E-state index contributed by atoms with van der Waals surface area (Å²) in [4.78, 5) is 40.5. The van der Waals surface area contributed by atoms with Crippen LogP contribution in [0, 0.1) is 0 Å². The van der Waals surface area contributed by atoms with Crippen molar-refractivity contribution in [3.05, 3.63) is 70.9 Å². The Balaban J connectivity index is 0.000000255. The average molecular weight is 997 g/mol. The molecule has 0 saturated carbocycles. The fourth-order valence-electron chi connectivity index (χ4n) is 10.6. The first-order valence-corrected chi connectivity index (χ1v) is 25.9. The normalized spacial score (nSPS) is 19.3. The number of amides is 1. The van der Waals surface area contributed by atoms with Gasteiger partial charge in [-0.05, 0) is 100 Å². The van der Waals surface area contributed by atoms with E-state index in [2.05, 4.69) is 100 Å². The summed E-state index contributed by atoms with van der Waals surface area (Å²) in [6, 6.07) is 17.9. The quantitative estimate of drug-likeness (QED) is 0.138. The summed E-state index contributed by atoms with van der Waals surface area (Å²) in [5.41, 5.74) is 13.0. The number of fused-ring (bicyclic) bond motifs is 1. The van der Waals surface area contributed by atoms with Gasteiger partial charge in [-0.1, -0.05) is 11.6 Å². The minimum Gasteiger partial charge on any atom is -0.495 e. The fraction of sp³-hybridized carbons (Fsp3) is 0.566. The zero-order valence-electron chi connectivity index (χ0n) is 43.3. The lowest BCUT2D eigenvalue weighted by atomic mass is 10.0. The Morgan fingerprint density at radius 3 is 1.70 bits per heavy atom. The summed E-state index contributed by atoms with van der Waals surface area (Å²) in [6.07, 6.45) is 8.08. The Morgan fingerprint density at radius 2 is 1.17 bits per heavy atom. The molecule has 6 heterocycles. The number of nitrogens with two attached hydrogens (primary N) is 1. The number of nitrogen functional groups attached to an aromatic ring is 1. The van der Waals surface area contributed by atoms with Crippen LogP contribution in [0.2, 0.25) is 5.02 Å². The van der Waals surface area contributed by atoms with Crippen molar-refractivity contribution >= 4 is 57.7 Å². The van der Waals surface area contributed by atoms with Crippen molar-refractivity contribution in [2.45, 2.75) is 50.6 Å². The highest BCUT2D eigenvalue weighted by Gasteiger charge is 2.29. The molecule has 0 radical (unpaired) electrons. The van der Waals surface area contributed by atoms with Crippen LogP contribution >= 0.6 is 11.6 Å². The SMILES string of the molecule is COc1cc(N2CCC(N3CCN(C)CC3)CC2)ccc1N.COc1cc2c(cc1Nc1ncc(Cl)c(Nc3ccc(N4CCC(N5CCN(C)CC5)CC4)cc3OC)n1)CCN(CC(=O)N(C)C)CC2. The summed E-state index contributed by atoms with van der Waals surface area (Å²) in [6.45, 7) is 15.8. The number of piperazine rings is 2. The lowest BCUT2D eigenvalue weighted by Crippen LogP contribution is -2.52. The summed E-state index contributed by atoms with van der Waals surface area (Å²) < 4.78 is 16.9. The molecule has 17 nitrogen and oxygen atoms in total. The Hall–Kier alpha value is -5.30. The third kappa shape index (κ3) is 13.4. The number of nitrogens with one attached hydrogen (secondary N) is 2. The molecule has 1 aromatic heterocycles. The zero-order valence-corrected chi connectivity index (χ0v) is 44.0. The molecule has 0 aliphatic carbocycles. The number of anilines is 7. The Labute approximate surface area is 427 Å². The molecule has 0 spiro atoms. The molecule has 5 aliphatic rings. The van der Waals surface area contributed by atoms with E-state index >= 15 is 0 Å². The number of hydrogen-bond donors (Lipinski definition) is 3. The molecule has 1 amide bonds. The minimum absolute atomic E-state index is 0.112. The number of carbonyl (C=O) groups is 1. The monoisotopic (exact) mass is 996 g/mol. The molecule has 0 atom stereocenters. The summed E-state index contributed by atoms with van der Waals surface area (Å²) >= 11 is 6.60. The van der Waals surface area contributed by atoms with Crippen molar-refractivity contribution in [2.24, 2.45) is 0 Å². The smallest absolute Gasteiger partial charge is 0.236 e. The standard InChI is InChI=1S/C36H50ClN9O3.C17H28N4O/c1-42(2)34(47)24-44-12-8-25-20-31(32(48-4)21-26(25)9-13-44)40-36-38-23-29(37)35(41-36)39-30-7-6-28(22-33(30)49-5)45-14-10-27(11-15-45)46-18-16-43(3)17-19-46;1-19-9-11-21(12-10-19)14-5-7-20(8-6-14)15-3-4-16(18)17(13-15)22-2/h6-7,20-23,27H,8-19,24H2,1-5H3,(H2,38,39,40,41);3-4,13-14H,5-12,18H2,1-2H3. The van der Waals surface area contributed by atoms with Gasteiger partial charge in [-0.15, -0.1) is 0 Å². The average Bonchev–Trinajstić information content (AvgIpc) is 3.59. The second kappa shape index (κ2) is 24.4. The largest absolute Gasteiger partial charge is 0.495 e. The molecule has 9 rings (SSSR count). The van der Waals surface area contributed by atoms with Crippen LogP contribution in [-0.4, -0.2) is 205 Å². The van der Waals surface area contributed by atoms with Crippen LogP contribution in [0.4, 0.5) is 40.2 Å². The van der Waals surface area contributed by atoms with E-state index in [0.717, 1.165) is 99.8 Å². The van der Waals surface area contributed by atoms with Crippen molar-refractivity contribution in [2.75, 3.05) is 174 Å². The first kappa shape index (κ1) is 52.0. The second-order valence-corrected chi connectivity index (χ2v) is 20.4. The summed E-state index contributed by atoms with van der Waals surface area (Å²) in [5, 5.41) is 7.12. The lowest BCUT2D eigenvalue weighted by Gasteiger charge is -2.42. The Morgan fingerprint density at radius 1 is 0.662 bits per heavy atom. The van der Waals surface area contributed by atoms with E-state index < -0.39 is 0 Å². The molecule has 4 saturated heterocycles. The zero-order chi connectivity index (χ0) is 50.0. The van der Waals surface area contributed by atoms with Crippen LogP contribution in [0.15, 0.2) is 54.7 Å². The van der Waals surface area contributed by atoms with Gasteiger partial charge in [0.05, 0.1) is 51.1 Å². The third-order valence-corrected chi connectivity index (χ3v) is 15.5. The summed E-state index contributed by atoms with van der Waals surface area (Å²) in [5.74, 6) is 3.16. The number of rotatable bonds is 13. The van der Waals surface area contributed by atoms with Crippen molar-refractivity contribution in [1.29, 1.82) is 0 Å². The van der Waals surface area contributed by atoms with Crippen molar-refractivity contribution in [1.82, 2.24) is 39.4 Å². The number of ether oxygens (including phenoxy) is 3. The Bertz CT molecular complexity index is 2380. The van der Waals surface area contributed by atoms with Crippen LogP contribution in [-0.2, 0) is 17.6 Å². The molecule has 18 heteroatoms. The predicted molar refractivity (Wildman–Crippen MR) is 288 cm³/mol. The van der Waals surface area contributed by atoms with E-state index in [1.165, 1.54) is 81.8 Å². The number of methoxy groups -OCH3 is 3. The maximum atomic E-state index is 12.3. The number of hydrogen-bond acceptors (Lipinski definition) is 16. The van der Waals surface area contributed by atoms with Crippen molar-refractivity contribution in [3.8, 4) is 17.2 Å². The number of halogens is 1. The van der Waals surface area contributed by atoms with Crippen LogP contribution in [0.1, 0.15) is 36.8 Å². The summed E-state index contributed by atoms with van der Waals surface area (Å²) in [7, 11) is 13.0. The third-order valence-electron chi connectivity index (χ3n) is 15.2. The molecular formula is C53H78ClN13O4. The van der Waals surface area contributed by atoms with E-state index in [4.69, 9.17) is 36.5 Å². The van der Waals surface area contributed by atoms with Gasteiger partial charge in [0.25, 0.3) is 0 Å². The maximum Gasteiger partial charge on any atom is 0.236 e. The molecular weight excluding hydrogens is 918 g/mol. The van der Waals surface area contributed by atoms with Gasteiger partial charge in [-0.25, -0.2) is 4.98 Å². The van der Waals surface area contributed by atoms with Gasteiger partial charge in [0, 0.05) is 141 Å². The van der Waals surface area contributed by atoms with Gasteiger partial charge in [0.2, 0.25) is 11.9 Å². The van der Waals surface area contributed by atoms with Gasteiger partial charge >= 0.3 is 0 Å². The van der Waals surface area contributed by atoms with Gasteiger partial charge in [-0.3, -0.25) is 19.5 Å². The number of aromatic nitrogens is 2. The topological polar surface area (TPSA) is 147 Å². The number of carbonyl (C=O) groups excluding carboxylic acids is 1. The van der Waals surface area contributed by atoms with Crippen LogP contribution < -0.4 is 40.4 Å². The van der Waals surface area contributed by atoms with Crippen LogP contribution in [0.3, 0.4) is 0 Å². The molecule has 4 fully saturated rings. The van der Waals surface area contributed by atoms with Gasteiger partial charge in [0.15, 0.2) is 5.82 Å². The highest BCUT2D eigenvalue weighted by atomic mass is 35.5. The van der Waals surface area contributed by atoms with Crippen LogP contribution in [0.5, 0.6) is 17.2 Å². The van der Waals surface area contributed by atoms with Crippen molar-refractivity contribution in [3.63, 3.8) is 0 Å². The maximum absolute atomic E-state index is 12.3.